The van der Waals surface area contributed by atoms with Crippen molar-refractivity contribution in [3.05, 3.63) is 29.8 Å². The normalized spacial score (nSPS) is 32.5. The molecule has 150 valence electrons. The Balaban J connectivity index is 1.86. The maximum atomic E-state index is 12.8. The molecular weight excluding hydrogens is 336 g/mol. The summed E-state index contributed by atoms with van der Waals surface area (Å²) in [7, 11) is 1.69. The van der Waals surface area contributed by atoms with Crippen molar-refractivity contribution in [3.63, 3.8) is 0 Å². The summed E-state index contributed by atoms with van der Waals surface area (Å²) in [5.41, 5.74) is 1.54. The Morgan fingerprint density at radius 2 is 1.78 bits per heavy atom. The Hall–Kier alpha value is -1.51. The quantitative estimate of drug-likeness (QED) is 0.617. The molecule has 0 unspecified atom stereocenters. The first-order valence-corrected chi connectivity index (χ1v) is 10.4. The highest BCUT2D eigenvalue weighted by atomic mass is 16.5. The largest absolute Gasteiger partial charge is 0.497 e. The number of benzene rings is 1. The lowest BCUT2D eigenvalue weighted by Gasteiger charge is -2.40. The fraction of sp³-hybridized carbons (Fsp3) is 0.708. The van der Waals surface area contributed by atoms with Crippen LogP contribution in [0.15, 0.2) is 24.3 Å². The van der Waals surface area contributed by atoms with Crippen LogP contribution < -0.4 is 4.74 Å². The smallest absolute Gasteiger partial charge is 0.309 e. The van der Waals surface area contributed by atoms with E-state index in [4.69, 9.17) is 9.47 Å². The van der Waals surface area contributed by atoms with Crippen molar-refractivity contribution >= 4 is 5.97 Å². The van der Waals surface area contributed by atoms with Gasteiger partial charge in [0.15, 0.2) is 0 Å². The molecule has 5 atom stereocenters. The Labute approximate surface area is 164 Å². The number of rotatable bonds is 6. The minimum absolute atomic E-state index is 0.00190. The highest BCUT2D eigenvalue weighted by molar-refractivity contribution is 5.72. The highest BCUT2D eigenvalue weighted by Crippen LogP contribution is 2.69. The van der Waals surface area contributed by atoms with Crippen molar-refractivity contribution in [2.45, 2.75) is 66.9 Å². The molecule has 2 saturated carbocycles. The second kappa shape index (κ2) is 7.14. The lowest BCUT2D eigenvalue weighted by molar-refractivity contribution is -0.166. The zero-order valence-corrected chi connectivity index (χ0v) is 18.0. The van der Waals surface area contributed by atoms with Crippen LogP contribution in [0.2, 0.25) is 0 Å². The number of methoxy groups -OCH3 is 1. The van der Waals surface area contributed by atoms with E-state index in [2.05, 4.69) is 46.8 Å². The van der Waals surface area contributed by atoms with E-state index < -0.39 is 0 Å². The minimum Gasteiger partial charge on any atom is -0.497 e. The SMILES string of the molecule is COc1ccc(C[C@H]2[C@H]3CC[C@@](C)([C@@H]2OC(=O)[C@@H](C)C(C)C)C3(C)C)cc1. The predicted octanol–water partition coefficient (Wildman–Crippen LogP) is 5.51. The number of hydrogen-bond donors (Lipinski definition) is 0. The number of esters is 1. The number of carbonyl (C=O) groups is 1. The summed E-state index contributed by atoms with van der Waals surface area (Å²) in [6, 6.07) is 8.35. The van der Waals surface area contributed by atoms with Crippen LogP contribution in [0.25, 0.3) is 0 Å². The molecule has 27 heavy (non-hydrogen) atoms. The molecule has 0 radical (unpaired) electrons. The molecule has 2 bridgehead atoms. The van der Waals surface area contributed by atoms with Gasteiger partial charge in [-0.15, -0.1) is 0 Å². The van der Waals surface area contributed by atoms with Crippen molar-refractivity contribution in [2.75, 3.05) is 7.11 Å². The van der Waals surface area contributed by atoms with Crippen LogP contribution in [-0.4, -0.2) is 19.2 Å². The summed E-state index contributed by atoms with van der Waals surface area (Å²) in [4.78, 5) is 12.8. The molecular formula is C24H36O3. The monoisotopic (exact) mass is 372 g/mol. The lowest BCUT2D eigenvalue weighted by atomic mass is 9.70. The van der Waals surface area contributed by atoms with Crippen LogP contribution in [0.1, 0.15) is 59.9 Å². The van der Waals surface area contributed by atoms with Gasteiger partial charge in [-0.2, -0.15) is 0 Å². The van der Waals surface area contributed by atoms with E-state index in [1.807, 2.05) is 19.1 Å². The average molecular weight is 373 g/mol. The maximum absolute atomic E-state index is 12.8. The van der Waals surface area contributed by atoms with Crippen LogP contribution >= 0.6 is 0 Å². The number of carbonyl (C=O) groups excluding carboxylic acids is 1. The van der Waals surface area contributed by atoms with Gasteiger partial charge in [0.25, 0.3) is 0 Å². The predicted molar refractivity (Wildman–Crippen MR) is 109 cm³/mol. The van der Waals surface area contributed by atoms with Crippen LogP contribution in [0.5, 0.6) is 5.75 Å². The second-order valence-electron chi connectivity index (χ2n) is 9.89. The van der Waals surface area contributed by atoms with Gasteiger partial charge < -0.3 is 9.47 Å². The molecule has 0 aliphatic heterocycles. The first kappa shape index (κ1) is 20.2. The van der Waals surface area contributed by atoms with Gasteiger partial charge in [0.1, 0.15) is 11.9 Å². The minimum atomic E-state index is -0.0579. The van der Waals surface area contributed by atoms with Crippen molar-refractivity contribution in [3.8, 4) is 5.75 Å². The summed E-state index contributed by atoms with van der Waals surface area (Å²) in [5.74, 6) is 2.08. The van der Waals surface area contributed by atoms with Gasteiger partial charge in [0.2, 0.25) is 0 Å². The molecule has 2 aliphatic rings. The van der Waals surface area contributed by atoms with E-state index in [0.29, 0.717) is 17.8 Å². The van der Waals surface area contributed by atoms with E-state index in [1.165, 1.54) is 12.0 Å². The number of hydrogen-bond acceptors (Lipinski definition) is 3. The van der Waals surface area contributed by atoms with Gasteiger partial charge in [0, 0.05) is 11.3 Å². The van der Waals surface area contributed by atoms with Gasteiger partial charge in [-0.1, -0.05) is 53.7 Å². The zero-order chi connectivity index (χ0) is 20.0. The Bertz CT molecular complexity index is 675. The standard InChI is InChI=1S/C24H36O3/c1-15(2)16(3)22(25)27-21-19(14-17-8-10-18(26-7)11-9-17)20-12-13-24(21,6)23(20,4)5/h8-11,15-16,19-21H,12-14H2,1-7H3/t16-,19-,20+,21+,24-/m0/s1. The summed E-state index contributed by atoms with van der Waals surface area (Å²) < 4.78 is 11.6. The van der Waals surface area contributed by atoms with Gasteiger partial charge in [-0.3, -0.25) is 4.79 Å². The van der Waals surface area contributed by atoms with Crippen molar-refractivity contribution < 1.29 is 14.3 Å². The average Bonchev–Trinajstić information content (AvgIpc) is 2.94. The van der Waals surface area contributed by atoms with Gasteiger partial charge in [-0.25, -0.2) is 0 Å². The second-order valence-corrected chi connectivity index (χ2v) is 9.89. The van der Waals surface area contributed by atoms with Gasteiger partial charge in [-0.05, 0) is 54.2 Å². The Kier molecular flexibility index (Phi) is 5.35. The molecule has 3 nitrogen and oxygen atoms in total. The van der Waals surface area contributed by atoms with Crippen LogP contribution in [0, 0.1) is 34.5 Å². The van der Waals surface area contributed by atoms with E-state index in [9.17, 15) is 4.79 Å². The molecule has 3 heteroatoms. The third-order valence-electron chi connectivity index (χ3n) is 8.15. The molecule has 0 saturated heterocycles. The van der Waals surface area contributed by atoms with Gasteiger partial charge in [0.05, 0.1) is 13.0 Å². The summed E-state index contributed by atoms with van der Waals surface area (Å²) in [5, 5.41) is 0. The van der Waals surface area contributed by atoms with Crippen LogP contribution in [0.3, 0.4) is 0 Å². The van der Waals surface area contributed by atoms with Crippen molar-refractivity contribution in [2.24, 2.45) is 34.5 Å². The molecule has 0 spiro atoms. The molecule has 0 amide bonds. The topological polar surface area (TPSA) is 35.5 Å². The summed E-state index contributed by atoms with van der Waals surface area (Å²) in [6.07, 6.45) is 3.35. The zero-order valence-electron chi connectivity index (χ0n) is 18.0. The first-order chi connectivity index (χ1) is 12.6. The van der Waals surface area contributed by atoms with E-state index in [-0.39, 0.29) is 28.8 Å². The fourth-order valence-corrected chi connectivity index (χ4v) is 5.51. The summed E-state index contributed by atoms with van der Waals surface area (Å²) >= 11 is 0. The molecule has 2 fully saturated rings. The number of ether oxygens (including phenoxy) is 2. The van der Waals surface area contributed by atoms with E-state index >= 15 is 0 Å². The van der Waals surface area contributed by atoms with Crippen molar-refractivity contribution in [1.29, 1.82) is 0 Å². The van der Waals surface area contributed by atoms with E-state index in [1.54, 1.807) is 7.11 Å². The highest BCUT2D eigenvalue weighted by Gasteiger charge is 2.67. The third-order valence-corrected chi connectivity index (χ3v) is 8.15. The van der Waals surface area contributed by atoms with E-state index in [0.717, 1.165) is 18.6 Å². The molecule has 3 rings (SSSR count). The summed E-state index contributed by atoms with van der Waals surface area (Å²) in [6.45, 7) is 13.3. The Morgan fingerprint density at radius 1 is 1.15 bits per heavy atom. The molecule has 0 heterocycles. The van der Waals surface area contributed by atoms with Gasteiger partial charge >= 0.3 is 5.97 Å². The van der Waals surface area contributed by atoms with Crippen LogP contribution in [0.4, 0.5) is 0 Å². The molecule has 0 aromatic heterocycles. The molecule has 2 aliphatic carbocycles. The third kappa shape index (κ3) is 3.28. The maximum Gasteiger partial charge on any atom is 0.309 e. The lowest BCUT2D eigenvalue weighted by Crippen LogP contribution is -2.42. The first-order valence-electron chi connectivity index (χ1n) is 10.4. The number of fused-ring (bicyclic) bond motifs is 2. The van der Waals surface area contributed by atoms with Crippen molar-refractivity contribution in [1.82, 2.24) is 0 Å². The molecule has 1 aromatic carbocycles. The Morgan fingerprint density at radius 3 is 2.33 bits per heavy atom. The molecule has 1 aromatic rings. The fourth-order valence-electron chi connectivity index (χ4n) is 5.51. The molecule has 0 N–H and O–H groups in total. The van der Waals surface area contributed by atoms with Crippen LogP contribution in [-0.2, 0) is 16.0 Å².